The lowest BCUT2D eigenvalue weighted by atomic mass is 10.1. The fourth-order valence-corrected chi connectivity index (χ4v) is 3.54. The average molecular weight is 501 g/mol. The highest BCUT2D eigenvalue weighted by atomic mass is 19.4. The number of alkyl carbamates (subject to hydrolysis) is 1. The van der Waals surface area contributed by atoms with Gasteiger partial charge in [-0.3, -0.25) is 9.50 Å². The van der Waals surface area contributed by atoms with Crippen LogP contribution in [0.5, 0.6) is 0 Å². The van der Waals surface area contributed by atoms with Gasteiger partial charge >= 0.3 is 12.3 Å². The third-order valence-electron chi connectivity index (χ3n) is 5.03. The standard InChI is InChI=1S/C20H23F4N7O4/c1-9(2)26-19(32)35-13-8-34-16(15(13)21)12-4-14(30-29-12)28-18-25-5-11(20(22,23)24)17-27-10(7-33-3)6-31(17)18/h4-6,9,13,15-16H,7-8H2,1-3H3,(H,26,32)(H2,25,28,29,30)/t13-,15-,16-/m0/s1. The van der Waals surface area contributed by atoms with Crippen LogP contribution in [0.2, 0.25) is 0 Å². The number of nitrogens with zero attached hydrogens (tertiary/aromatic N) is 4. The molecular weight excluding hydrogens is 478 g/mol. The van der Waals surface area contributed by atoms with E-state index in [1.54, 1.807) is 13.8 Å². The molecule has 1 fully saturated rings. The molecule has 15 heteroatoms. The SMILES string of the molecule is COCc1cn2c(Nc3cc([C@@H]4OC[C@H](OC(=O)NC(C)C)[C@@H]4F)[nH]n3)ncc(C(F)(F)F)c2n1. The first kappa shape index (κ1) is 24.7. The Hall–Kier alpha value is -3.46. The fourth-order valence-electron chi connectivity index (χ4n) is 3.54. The van der Waals surface area contributed by atoms with Gasteiger partial charge in [-0.2, -0.15) is 18.3 Å². The van der Waals surface area contributed by atoms with Gasteiger partial charge in [0, 0.05) is 31.6 Å². The maximum atomic E-state index is 14.9. The average Bonchev–Trinajstić information content (AvgIpc) is 3.47. The van der Waals surface area contributed by atoms with Crippen LogP contribution in [0, 0.1) is 0 Å². The third-order valence-corrected chi connectivity index (χ3v) is 5.03. The van der Waals surface area contributed by atoms with Crippen molar-refractivity contribution in [3.05, 3.63) is 35.4 Å². The topological polar surface area (TPSA) is 128 Å². The smallest absolute Gasteiger partial charge is 0.421 e. The fraction of sp³-hybridized carbons (Fsp3) is 0.500. The van der Waals surface area contributed by atoms with Crippen LogP contribution in [0.3, 0.4) is 0 Å². The zero-order valence-corrected chi connectivity index (χ0v) is 18.9. The number of carbonyl (C=O) groups excluding carboxylic acids is 1. The van der Waals surface area contributed by atoms with E-state index in [1.165, 1.54) is 19.4 Å². The van der Waals surface area contributed by atoms with Gasteiger partial charge in [0.25, 0.3) is 0 Å². The molecule has 11 nitrogen and oxygen atoms in total. The number of alkyl halides is 4. The minimum Gasteiger partial charge on any atom is -0.441 e. The number of nitrogens with one attached hydrogen (secondary N) is 3. The summed E-state index contributed by atoms with van der Waals surface area (Å²) >= 11 is 0. The number of amides is 1. The molecule has 1 saturated heterocycles. The van der Waals surface area contributed by atoms with Crippen molar-refractivity contribution in [2.45, 2.75) is 51.1 Å². The highest BCUT2D eigenvalue weighted by molar-refractivity contribution is 5.67. The number of H-pyrrole nitrogens is 1. The minimum atomic E-state index is -4.66. The third kappa shape index (κ3) is 5.30. The number of aromatic amines is 1. The maximum absolute atomic E-state index is 14.9. The molecule has 1 amide bonds. The summed E-state index contributed by atoms with van der Waals surface area (Å²) in [5.74, 6) is 0.143. The molecule has 0 saturated carbocycles. The van der Waals surface area contributed by atoms with Crippen molar-refractivity contribution in [2.75, 3.05) is 19.0 Å². The van der Waals surface area contributed by atoms with Gasteiger partial charge in [-0.25, -0.2) is 19.2 Å². The van der Waals surface area contributed by atoms with Crippen LogP contribution in [0.1, 0.15) is 36.9 Å². The quantitative estimate of drug-likeness (QED) is 0.421. The first-order valence-electron chi connectivity index (χ1n) is 10.5. The molecule has 0 radical (unpaired) electrons. The summed E-state index contributed by atoms with van der Waals surface area (Å²) in [6, 6.07) is 1.25. The summed E-state index contributed by atoms with van der Waals surface area (Å²) in [6.45, 7) is 3.32. The van der Waals surface area contributed by atoms with Gasteiger partial charge in [-0.05, 0) is 13.8 Å². The number of ether oxygens (including phenoxy) is 3. The van der Waals surface area contributed by atoms with Gasteiger partial charge in [-0.15, -0.1) is 0 Å². The summed E-state index contributed by atoms with van der Waals surface area (Å²) in [5, 5.41) is 11.9. The monoisotopic (exact) mass is 501 g/mol. The van der Waals surface area contributed by atoms with E-state index in [0.29, 0.717) is 6.20 Å². The molecule has 1 aliphatic rings. The Morgan fingerprint density at radius 1 is 1.40 bits per heavy atom. The van der Waals surface area contributed by atoms with Gasteiger partial charge in [-0.1, -0.05) is 0 Å². The zero-order chi connectivity index (χ0) is 25.3. The van der Waals surface area contributed by atoms with Crippen molar-refractivity contribution >= 4 is 23.5 Å². The lowest BCUT2D eigenvalue weighted by Gasteiger charge is -2.16. The predicted octanol–water partition coefficient (Wildman–Crippen LogP) is 3.27. The Morgan fingerprint density at radius 3 is 2.86 bits per heavy atom. The summed E-state index contributed by atoms with van der Waals surface area (Å²) in [5.41, 5.74) is -0.867. The molecule has 0 aliphatic carbocycles. The van der Waals surface area contributed by atoms with Crippen LogP contribution >= 0.6 is 0 Å². The van der Waals surface area contributed by atoms with Crippen LogP contribution in [0.25, 0.3) is 5.65 Å². The second-order valence-corrected chi connectivity index (χ2v) is 8.13. The van der Waals surface area contributed by atoms with Gasteiger partial charge < -0.3 is 24.8 Å². The number of carbonyl (C=O) groups is 1. The highest BCUT2D eigenvalue weighted by Gasteiger charge is 2.42. The molecule has 190 valence electrons. The van der Waals surface area contributed by atoms with E-state index < -0.39 is 36.2 Å². The predicted molar refractivity (Wildman–Crippen MR) is 113 cm³/mol. The summed E-state index contributed by atoms with van der Waals surface area (Å²) in [6.07, 6.45) is -7.26. The summed E-state index contributed by atoms with van der Waals surface area (Å²) in [4.78, 5) is 19.6. The van der Waals surface area contributed by atoms with Crippen molar-refractivity contribution in [2.24, 2.45) is 0 Å². The van der Waals surface area contributed by atoms with E-state index >= 15 is 0 Å². The molecule has 1 aliphatic heterocycles. The van der Waals surface area contributed by atoms with E-state index in [0.717, 1.165) is 4.40 Å². The van der Waals surface area contributed by atoms with Crippen LogP contribution in [0.15, 0.2) is 18.5 Å². The molecule has 4 heterocycles. The van der Waals surface area contributed by atoms with E-state index in [-0.39, 0.29) is 48.1 Å². The molecule has 3 aromatic rings. The molecule has 0 unspecified atom stereocenters. The van der Waals surface area contributed by atoms with E-state index in [2.05, 4.69) is 30.8 Å². The van der Waals surface area contributed by atoms with Crippen molar-refractivity contribution in [3.63, 3.8) is 0 Å². The maximum Gasteiger partial charge on any atom is 0.421 e. The van der Waals surface area contributed by atoms with Crippen molar-refractivity contribution in [1.29, 1.82) is 0 Å². The Morgan fingerprint density at radius 2 is 2.17 bits per heavy atom. The van der Waals surface area contributed by atoms with Crippen LogP contribution < -0.4 is 10.6 Å². The number of rotatable bonds is 7. The molecule has 4 rings (SSSR count). The van der Waals surface area contributed by atoms with Crippen LogP contribution in [-0.2, 0) is 27.0 Å². The molecule has 0 bridgehead atoms. The molecule has 0 spiro atoms. The minimum absolute atomic E-state index is 0.000304. The summed E-state index contributed by atoms with van der Waals surface area (Å²) in [7, 11) is 1.40. The second-order valence-electron chi connectivity index (χ2n) is 8.13. The van der Waals surface area contributed by atoms with E-state index in [1.807, 2.05) is 0 Å². The summed E-state index contributed by atoms with van der Waals surface area (Å²) < 4.78 is 71.7. The zero-order valence-electron chi connectivity index (χ0n) is 18.9. The van der Waals surface area contributed by atoms with Gasteiger partial charge in [0.15, 0.2) is 23.7 Å². The number of fused-ring (bicyclic) bond motifs is 1. The largest absolute Gasteiger partial charge is 0.441 e. The number of hydrogen-bond acceptors (Lipinski definition) is 8. The molecule has 3 aromatic heterocycles. The first-order chi connectivity index (χ1) is 16.6. The van der Waals surface area contributed by atoms with E-state index in [9.17, 15) is 22.4 Å². The first-order valence-corrected chi connectivity index (χ1v) is 10.5. The van der Waals surface area contributed by atoms with Crippen LogP contribution in [0.4, 0.5) is 34.1 Å². The Bertz CT molecular complexity index is 1200. The molecule has 35 heavy (non-hydrogen) atoms. The molecule has 0 aromatic carbocycles. The Balaban J connectivity index is 1.52. The Kier molecular flexibility index (Phi) is 6.80. The second kappa shape index (κ2) is 9.65. The van der Waals surface area contributed by atoms with Gasteiger partial charge in [0.05, 0.1) is 24.6 Å². The van der Waals surface area contributed by atoms with Gasteiger partial charge in [0.2, 0.25) is 5.95 Å². The molecule has 3 N–H and O–H groups in total. The highest BCUT2D eigenvalue weighted by Crippen LogP contribution is 2.35. The number of aromatic nitrogens is 5. The number of halogens is 4. The van der Waals surface area contributed by atoms with Crippen molar-refractivity contribution in [1.82, 2.24) is 29.9 Å². The number of imidazole rings is 1. The molecule has 3 atom stereocenters. The number of anilines is 2. The lowest BCUT2D eigenvalue weighted by molar-refractivity contribution is -0.136. The number of methoxy groups -OCH3 is 1. The van der Waals surface area contributed by atoms with Crippen LogP contribution in [-0.4, -0.2) is 62.7 Å². The van der Waals surface area contributed by atoms with E-state index in [4.69, 9.17) is 14.2 Å². The van der Waals surface area contributed by atoms with Crippen molar-refractivity contribution < 1.29 is 36.6 Å². The normalized spacial score (nSPS) is 20.5. The molecular formula is C20H23F4N7O4. The lowest BCUT2D eigenvalue weighted by Crippen LogP contribution is -2.36. The Labute approximate surface area is 196 Å². The van der Waals surface area contributed by atoms with Crippen molar-refractivity contribution in [3.8, 4) is 0 Å². The van der Waals surface area contributed by atoms with Gasteiger partial charge in [0.1, 0.15) is 11.7 Å². The number of hydrogen-bond donors (Lipinski definition) is 3.